The first-order valence-corrected chi connectivity index (χ1v) is 10.5. The van der Waals surface area contributed by atoms with Crippen molar-refractivity contribution >= 4 is 27.7 Å². The maximum atomic E-state index is 5.47. The second-order valence-electron chi connectivity index (χ2n) is 5.88. The van der Waals surface area contributed by atoms with Crippen molar-refractivity contribution in [1.82, 2.24) is 14.8 Å². The van der Waals surface area contributed by atoms with E-state index in [1.54, 1.807) is 33.1 Å². The van der Waals surface area contributed by atoms with E-state index in [9.17, 15) is 0 Å². The highest BCUT2D eigenvalue weighted by molar-refractivity contribution is 9.10. The fourth-order valence-corrected chi connectivity index (χ4v) is 4.27. The van der Waals surface area contributed by atoms with Crippen LogP contribution in [0.3, 0.4) is 0 Å². The SMILES string of the molecule is CCn1c(SCc2cccc(Br)c2)nnc1-c1cc(OC)c(OC)c(OC)c1. The van der Waals surface area contributed by atoms with E-state index in [1.165, 1.54) is 5.56 Å². The monoisotopic (exact) mass is 463 g/mol. The molecule has 0 spiro atoms. The number of halogens is 1. The summed E-state index contributed by atoms with van der Waals surface area (Å²) in [6.45, 7) is 2.83. The minimum absolute atomic E-state index is 0.556. The van der Waals surface area contributed by atoms with Gasteiger partial charge in [0, 0.05) is 22.3 Å². The Balaban J connectivity index is 1.93. The Hall–Kier alpha value is -2.19. The first kappa shape index (κ1) is 20.5. The van der Waals surface area contributed by atoms with E-state index in [2.05, 4.69) is 49.8 Å². The largest absolute Gasteiger partial charge is 0.493 e. The number of thioether (sulfide) groups is 1. The number of ether oxygens (including phenoxy) is 3. The van der Waals surface area contributed by atoms with E-state index in [0.717, 1.165) is 33.3 Å². The summed E-state index contributed by atoms with van der Waals surface area (Å²) in [5, 5.41) is 9.70. The van der Waals surface area contributed by atoms with Crippen molar-refractivity contribution in [2.45, 2.75) is 24.4 Å². The maximum absolute atomic E-state index is 5.47. The van der Waals surface area contributed by atoms with Crippen LogP contribution in [0.25, 0.3) is 11.4 Å². The molecule has 0 aliphatic rings. The van der Waals surface area contributed by atoms with Gasteiger partial charge in [-0.05, 0) is 36.8 Å². The summed E-state index contributed by atoms with van der Waals surface area (Å²) in [5.74, 6) is 3.31. The first-order chi connectivity index (χ1) is 13.6. The summed E-state index contributed by atoms with van der Waals surface area (Å²) in [6.07, 6.45) is 0. The van der Waals surface area contributed by atoms with Crippen LogP contribution in [0.2, 0.25) is 0 Å². The normalized spacial score (nSPS) is 10.8. The van der Waals surface area contributed by atoms with Crippen molar-refractivity contribution in [3.63, 3.8) is 0 Å². The van der Waals surface area contributed by atoms with Gasteiger partial charge in [-0.1, -0.05) is 39.8 Å². The number of nitrogens with zero attached hydrogens (tertiary/aromatic N) is 3. The average molecular weight is 464 g/mol. The van der Waals surface area contributed by atoms with Crippen molar-refractivity contribution in [3.05, 3.63) is 46.4 Å². The molecule has 28 heavy (non-hydrogen) atoms. The van der Waals surface area contributed by atoms with Gasteiger partial charge in [0.25, 0.3) is 0 Å². The minimum Gasteiger partial charge on any atom is -0.493 e. The van der Waals surface area contributed by atoms with Crippen LogP contribution in [0.1, 0.15) is 12.5 Å². The average Bonchev–Trinajstić information content (AvgIpc) is 3.14. The van der Waals surface area contributed by atoms with Crippen LogP contribution >= 0.6 is 27.7 Å². The summed E-state index contributed by atoms with van der Waals surface area (Å²) < 4.78 is 19.5. The lowest BCUT2D eigenvalue weighted by Gasteiger charge is -2.14. The Kier molecular flexibility index (Phi) is 6.85. The van der Waals surface area contributed by atoms with Crippen molar-refractivity contribution < 1.29 is 14.2 Å². The number of rotatable bonds is 8. The van der Waals surface area contributed by atoms with Crippen molar-refractivity contribution in [3.8, 4) is 28.6 Å². The molecule has 0 aliphatic heterocycles. The predicted octanol–water partition coefficient (Wildman–Crippen LogP) is 5.05. The molecule has 0 fully saturated rings. The van der Waals surface area contributed by atoms with Gasteiger partial charge in [0.1, 0.15) is 0 Å². The Bertz CT molecular complexity index is 937. The number of benzene rings is 2. The molecule has 0 atom stereocenters. The van der Waals surface area contributed by atoms with Gasteiger partial charge >= 0.3 is 0 Å². The summed E-state index contributed by atoms with van der Waals surface area (Å²) in [6, 6.07) is 12.0. The van der Waals surface area contributed by atoms with E-state index in [1.807, 2.05) is 24.3 Å². The van der Waals surface area contributed by atoms with Crippen molar-refractivity contribution in [2.75, 3.05) is 21.3 Å². The molecule has 0 aliphatic carbocycles. The summed E-state index contributed by atoms with van der Waals surface area (Å²) in [4.78, 5) is 0. The van der Waals surface area contributed by atoms with Gasteiger partial charge in [-0.3, -0.25) is 0 Å². The van der Waals surface area contributed by atoms with Crippen molar-refractivity contribution in [2.24, 2.45) is 0 Å². The van der Waals surface area contributed by atoms with Crippen LogP contribution in [0.5, 0.6) is 17.2 Å². The fraction of sp³-hybridized carbons (Fsp3) is 0.300. The Morgan fingerprint density at radius 2 is 1.71 bits per heavy atom. The summed E-state index contributed by atoms with van der Waals surface area (Å²) >= 11 is 5.17. The molecule has 0 N–H and O–H groups in total. The molecule has 3 aromatic rings. The molecule has 0 radical (unpaired) electrons. The molecule has 0 saturated heterocycles. The molecule has 1 aromatic heterocycles. The van der Waals surface area contributed by atoms with Crippen LogP contribution in [0.15, 0.2) is 46.0 Å². The van der Waals surface area contributed by atoms with Crippen LogP contribution in [-0.2, 0) is 12.3 Å². The third-order valence-corrected chi connectivity index (χ3v) is 5.74. The fourth-order valence-electron chi connectivity index (χ4n) is 2.88. The predicted molar refractivity (Wildman–Crippen MR) is 114 cm³/mol. The number of aromatic nitrogens is 3. The first-order valence-electron chi connectivity index (χ1n) is 8.72. The third kappa shape index (κ3) is 4.28. The lowest BCUT2D eigenvalue weighted by atomic mass is 10.1. The van der Waals surface area contributed by atoms with Gasteiger partial charge in [0.2, 0.25) is 5.75 Å². The maximum Gasteiger partial charge on any atom is 0.203 e. The molecule has 3 rings (SSSR count). The number of methoxy groups -OCH3 is 3. The second-order valence-corrected chi connectivity index (χ2v) is 7.74. The van der Waals surface area contributed by atoms with Gasteiger partial charge in [-0.2, -0.15) is 0 Å². The lowest BCUT2D eigenvalue weighted by Crippen LogP contribution is -2.01. The molecule has 1 heterocycles. The molecule has 0 unspecified atom stereocenters. The van der Waals surface area contributed by atoms with Crippen LogP contribution in [0.4, 0.5) is 0 Å². The van der Waals surface area contributed by atoms with E-state index >= 15 is 0 Å². The Labute approximate surface area is 177 Å². The van der Waals surface area contributed by atoms with Gasteiger partial charge < -0.3 is 18.8 Å². The molecular weight excluding hydrogens is 442 g/mol. The Morgan fingerprint density at radius 3 is 2.29 bits per heavy atom. The molecule has 0 saturated carbocycles. The van der Waals surface area contributed by atoms with E-state index < -0.39 is 0 Å². The smallest absolute Gasteiger partial charge is 0.203 e. The zero-order valence-corrected chi connectivity index (χ0v) is 18.6. The molecule has 0 bridgehead atoms. The highest BCUT2D eigenvalue weighted by atomic mass is 79.9. The second kappa shape index (κ2) is 9.34. The number of hydrogen-bond donors (Lipinski definition) is 0. The molecule has 2 aromatic carbocycles. The topological polar surface area (TPSA) is 58.4 Å². The van der Waals surface area contributed by atoms with Gasteiger partial charge in [0.05, 0.1) is 21.3 Å². The van der Waals surface area contributed by atoms with Crippen LogP contribution in [-0.4, -0.2) is 36.1 Å². The molecular formula is C20H22BrN3O3S. The quantitative estimate of drug-likeness (QED) is 0.435. The third-order valence-electron chi connectivity index (χ3n) is 4.21. The van der Waals surface area contributed by atoms with Crippen LogP contribution < -0.4 is 14.2 Å². The molecule has 0 amide bonds. The van der Waals surface area contributed by atoms with Gasteiger partial charge in [-0.15, -0.1) is 10.2 Å². The molecule has 148 valence electrons. The zero-order valence-electron chi connectivity index (χ0n) is 16.2. The van der Waals surface area contributed by atoms with E-state index in [-0.39, 0.29) is 0 Å². The van der Waals surface area contributed by atoms with Gasteiger partial charge in [0.15, 0.2) is 22.5 Å². The zero-order chi connectivity index (χ0) is 20.1. The van der Waals surface area contributed by atoms with E-state index in [4.69, 9.17) is 14.2 Å². The summed E-state index contributed by atoms with van der Waals surface area (Å²) in [7, 11) is 4.79. The highest BCUT2D eigenvalue weighted by Gasteiger charge is 2.19. The number of hydrogen-bond acceptors (Lipinski definition) is 6. The lowest BCUT2D eigenvalue weighted by molar-refractivity contribution is 0.324. The molecule has 6 nitrogen and oxygen atoms in total. The highest BCUT2D eigenvalue weighted by Crippen LogP contribution is 2.41. The van der Waals surface area contributed by atoms with Crippen molar-refractivity contribution in [1.29, 1.82) is 0 Å². The summed E-state index contributed by atoms with van der Waals surface area (Å²) in [5.41, 5.74) is 2.08. The minimum atomic E-state index is 0.556. The molecule has 8 heteroatoms. The van der Waals surface area contributed by atoms with Gasteiger partial charge in [-0.25, -0.2) is 0 Å². The van der Waals surface area contributed by atoms with Crippen LogP contribution in [0, 0.1) is 0 Å². The van der Waals surface area contributed by atoms with E-state index in [0.29, 0.717) is 17.2 Å². The Morgan fingerprint density at radius 1 is 1.00 bits per heavy atom. The standard InChI is InChI=1S/C20H22BrN3O3S/c1-5-24-19(14-10-16(25-2)18(27-4)17(11-14)26-3)22-23-20(24)28-12-13-7-6-8-15(21)9-13/h6-11H,5,12H2,1-4H3.